The highest BCUT2D eigenvalue weighted by Crippen LogP contribution is 2.20. The van der Waals surface area contributed by atoms with E-state index in [1.54, 1.807) is 0 Å². The van der Waals surface area contributed by atoms with Crippen molar-refractivity contribution in [3.63, 3.8) is 0 Å². The van der Waals surface area contributed by atoms with Crippen LogP contribution in [0.15, 0.2) is 0 Å². The summed E-state index contributed by atoms with van der Waals surface area (Å²) in [5.41, 5.74) is 0. The van der Waals surface area contributed by atoms with Gasteiger partial charge in [0.15, 0.2) is 0 Å². The molecule has 0 aromatic carbocycles. The van der Waals surface area contributed by atoms with Crippen LogP contribution < -0.4 is 16.0 Å². The Morgan fingerprint density at radius 1 is 1.25 bits per heavy atom. The van der Waals surface area contributed by atoms with Gasteiger partial charge >= 0.3 is 0 Å². The largest absolute Gasteiger partial charge is 0.311 e. The number of alkyl halides is 1. The van der Waals surface area contributed by atoms with Crippen LogP contribution in [0.4, 0.5) is 0 Å². The maximum atomic E-state index is 3.69. The Morgan fingerprint density at radius 3 is 2.75 bits per heavy atom. The summed E-state index contributed by atoms with van der Waals surface area (Å²) in [4.78, 5) is 0.570. The Bertz CT molecular complexity index is 164. The van der Waals surface area contributed by atoms with E-state index in [0.29, 0.717) is 23.0 Å². The van der Waals surface area contributed by atoms with Gasteiger partial charge < -0.3 is 5.32 Å². The molecular weight excluding hydrogens is 218 g/mol. The van der Waals surface area contributed by atoms with Crippen molar-refractivity contribution in [2.45, 2.75) is 36.3 Å². The Balaban J connectivity index is 2.06. The predicted octanol–water partition coefficient (Wildman–Crippen LogP) is 0.0192. The number of halogens is 1. The molecule has 0 bridgehead atoms. The molecule has 70 valence electrons. The third-order valence-electron chi connectivity index (χ3n) is 2.90. The molecule has 0 aromatic heterocycles. The number of nitrogens with one attached hydrogen (secondary N) is 3. The first kappa shape index (κ1) is 8.94. The van der Waals surface area contributed by atoms with Gasteiger partial charge in [-0.05, 0) is 6.42 Å². The summed E-state index contributed by atoms with van der Waals surface area (Å²) >= 11 is 3.69. The maximum absolute atomic E-state index is 3.69. The Morgan fingerprint density at radius 2 is 2.00 bits per heavy atom. The maximum Gasteiger partial charge on any atom is 0.0460 e. The van der Waals surface area contributed by atoms with E-state index in [-0.39, 0.29) is 0 Å². The average molecular weight is 234 g/mol. The van der Waals surface area contributed by atoms with E-state index in [2.05, 4.69) is 38.8 Å². The third-order valence-corrected chi connectivity index (χ3v) is 3.79. The lowest BCUT2D eigenvalue weighted by Gasteiger charge is -2.37. The molecule has 3 N–H and O–H groups in total. The minimum absolute atomic E-state index is 0.570. The number of hydrogen-bond donors (Lipinski definition) is 3. The zero-order valence-corrected chi connectivity index (χ0v) is 8.89. The highest BCUT2D eigenvalue weighted by molar-refractivity contribution is 9.09. The van der Waals surface area contributed by atoms with Gasteiger partial charge in [-0.1, -0.05) is 22.9 Å². The van der Waals surface area contributed by atoms with Crippen molar-refractivity contribution < 1.29 is 0 Å². The molecule has 0 aromatic rings. The van der Waals surface area contributed by atoms with Crippen LogP contribution in [0.1, 0.15) is 13.3 Å². The second-order valence-electron chi connectivity index (χ2n) is 3.58. The molecular formula is C8H16BrN3. The summed E-state index contributed by atoms with van der Waals surface area (Å²) in [6.45, 7) is 4.27. The summed E-state index contributed by atoms with van der Waals surface area (Å²) in [7, 11) is 0. The van der Waals surface area contributed by atoms with E-state index < -0.39 is 0 Å². The zero-order valence-electron chi connectivity index (χ0n) is 7.31. The van der Waals surface area contributed by atoms with Crippen LogP contribution in [0.25, 0.3) is 0 Å². The molecule has 2 aliphatic rings. The van der Waals surface area contributed by atoms with Gasteiger partial charge in [-0.15, -0.1) is 0 Å². The van der Waals surface area contributed by atoms with E-state index in [4.69, 9.17) is 0 Å². The van der Waals surface area contributed by atoms with E-state index in [9.17, 15) is 0 Å². The lowest BCUT2D eigenvalue weighted by atomic mass is 9.93. The van der Waals surface area contributed by atoms with Crippen LogP contribution in [-0.2, 0) is 0 Å². The number of rotatable bonds is 1. The van der Waals surface area contributed by atoms with Crippen molar-refractivity contribution in [1.82, 2.24) is 16.0 Å². The van der Waals surface area contributed by atoms with E-state index in [1.165, 1.54) is 6.42 Å². The van der Waals surface area contributed by atoms with Gasteiger partial charge in [0.05, 0.1) is 0 Å². The molecule has 3 nitrogen and oxygen atoms in total. The fourth-order valence-corrected chi connectivity index (χ4v) is 2.91. The summed E-state index contributed by atoms with van der Waals surface area (Å²) in [6, 6.07) is 1.85. The first-order valence-corrected chi connectivity index (χ1v) is 5.58. The normalized spacial score (nSPS) is 47.5. The first-order valence-electron chi connectivity index (χ1n) is 4.67. The summed E-state index contributed by atoms with van der Waals surface area (Å²) in [5, 5.41) is 10.5. The van der Waals surface area contributed by atoms with Crippen LogP contribution in [0.2, 0.25) is 0 Å². The molecule has 12 heavy (non-hydrogen) atoms. The second-order valence-corrected chi connectivity index (χ2v) is 4.75. The van der Waals surface area contributed by atoms with Gasteiger partial charge in [0.25, 0.3) is 0 Å². The highest BCUT2D eigenvalue weighted by atomic mass is 79.9. The molecule has 2 saturated heterocycles. The van der Waals surface area contributed by atoms with E-state index >= 15 is 0 Å². The van der Waals surface area contributed by atoms with Gasteiger partial charge in [-0.25, -0.2) is 0 Å². The fraction of sp³-hybridized carbons (Fsp3) is 1.00. The summed E-state index contributed by atoms with van der Waals surface area (Å²) < 4.78 is 0. The van der Waals surface area contributed by atoms with Crippen LogP contribution in [-0.4, -0.2) is 36.2 Å². The van der Waals surface area contributed by atoms with Gasteiger partial charge in [0.2, 0.25) is 0 Å². The number of piperidine rings is 1. The SMILES string of the molecule is CCC1NCC(Br)C2NCNC12. The van der Waals surface area contributed by atoms with Crippen molar-refractivity contribution in [3.8, 4) is 0 Å². The Kier molecular flexibility index (Phi) is 2.69. The van der Waals surface area contributed by atoms with Crippen LogP contribution in [0.3, 0.4) is 0 Å². The van der Waals surface area contributed by atoms with Gasteiger partial charge in [-0.2, -0.15) is 0 Å². The minimum atomic E-state index is 0.570. The zero-order chi connectivity index (χ0) is 8.55. The number of hydrogen-bond acceptors (Lipinski definition) is 3. The molecule has 4 unspecified atom stereocenters. The number of fused-ring (bicyclic) bond motifs is 1. The third kappa shape index (κ3) is 1.41. The molecule has 0 aliphatic carbocycles. The summed E-state index contributed by atoms with van der Waals surface area (Å²) in [5.74, 6) is 0. The van der Waals surface area contributed by atoms with Gasteiger partial charge in [0, 0.05) is 36.2 Å². The van der Waals surface area contributed by atoms with Crippen LogP contribution >= 0.6 is 15.9 Å². The van der Waals surface area contributed by atoms with Gasteiger partial charge in [-0.3, -0.25) is 10.6 Å². The molecule has 0 saturated carbocycles. The van der Waals surface area contributed by atoms with E-state index in [0.717, 1.165) is 13.2 Å². The van der Waals surface area contributed by atoms with Crippen molar-refractivity contribution >= 4 is 15.9 Å². The monoisotopic (exact) mass is 233 g/mol. The Hall–Kier alpha value is 0.360. The molecule has 0 amide bonds. The lowest BCUT2D eigenvalue weighted by Crippen LogP contribution is -2.60. The fourth-order valence-electron chi connectivity index (χ4n) is 2.21. The molecule has 2 rings (SSSR count). The summed E-state index contributed by atoms with van der Waals surface area (Å²) in [6.07, 6.45) is 1.20. The molecule has 0 spiro atoms. The standard InChI is InChI=1S/C8H16BrN3/c1-2-6-8-7(11-4-12-8)5(9)3-10-6/h5-8,10-12H,2-4H2,1H3. The average Bonchev–Trinajstić information content (AvgIpc) is 2.54. The van der Waals surface area contributed by atoms with Crippen molar-refractivity contribution in [2.75, 3.05) is 13.2 Å². The van der Waals surface area contributed by atoms with Gasteiger partial charge in [0.1, 0.15) is 0 Å². The smallest absolute Gasteiger partial charge is 0.0460 e. The second kappa shape index (κ2) is 3.62. The van der Waals surface area contributed by atoms with Crippen LogP contribution in [0.5, 0.6) is 0 Å². The van der Waals surface area contributed by atoms with Crippen molar-refractivity contribution in [2.24, 2.45) is 0 Å². The van der Waals surface area contributed by atoms with Crippen LogP contribution in [0, 0.1) is 0 Å². The van der Waals surface area contributed by atoms with Crippen molar-refractivity contribution in [1.29, 1.82) is 0 Å². The van der Waals surface area contributed by atoms with E-state index in [1.807, 2.05) is 0 Å². The quantitative estimate of drug-likeness (QED) is 0.560. The molecule has 0 radical (unpaired) electrons. The minimum Gasteiger partial charge on any atom is -0.311 e. The molecule has 4 heteroatoms. The molecule has 2 heterocycles. The Labute approximate surface area is 81.8 Å². The molecule has 2 fully saturated rings. The first-order chi connectivity index (χ1) is 5.83. The van der Waals surface area contributed by atoms with Crippen molar-refractivity contribution in [3.05, 3.63) is 0 Å². The lowest BCUT2D eigenvalue weighted by molar-refractivity contribution is 0.307. The predicted molar refractivity (Wildman–Crippen MR) is 53.5 cm³/mol. The molecule has 2 aliphatic heterocycles. The highest BCUT2D eigenvalue weighted by Gasteiger charge is 2.39. The molecule has 4 atom stereocenters. The topological polar surface area (TPSA) is 36.1 Å².